The number of benzene rings is 3. The predicted octanol–water partition coefficient (Wildman–Crippen LogP) is 4.49. The minimum atomic E-state index is -0.657. The van der Waals surface area contributed by atoms with E-state index < -0.39 is 11.6 Å². The zero-order valence-electron chi connectivity index (χ0n) is 17.2. The van der Waals surface area contributed by atoms with Crippen molar-refractivity contribution in [2.75, 3.05) is 26.9 Å². The normalized spacial score (nSPS) is 14.5. The third kappa shape index (κ3) is 4.76. The lowest BCUT2D eigenvalue weighted by Gasteiger charge is -2.41. The Kier molecular flexibility index (Phi) is 6.30. The van der Waals surface area contributed by atoms with Gasteiger partial charge < -0.3 is 18.9 Å². The topological polar surface area (TPSA) is 54.0 Å². The van der Waals surface area contributed by atoms with Crippen LogP contribution in [0.1, 0.15) is 11.1 Å². The molecule has 0 aliphatic carbocycles. The average Bonchev–Trinajstić information content (AvgIpc) is 2.78. The maximum absolute atomic E-state index is 13.9. The number of esters is 1. The van der Waals surface area contributed by atoms with E-state index >= 15 is 0 Å². The largest absolute Gasteiger partial charge is 0.489 e. The molecule has 0 bridgehead atoms. The predicted molar refractivity (Wildman–Crippen MR) is 113 cm³/mol. The Morgan fingerprint density at radius 1 is 1.03 bits per heavy atom. The fraction of sp³-hybridized carbons (Fsp3) is 0.240. The highest BCUT2D eigenvalue weighted by molar-refractivity contribution is 5.70. The van der Waals surface area contributed by atoms with Crippen molar-refractivity contribution in [1.29, 1.82) is 0 Å². The van der Waals surface area contributed by atoms with Crippen molar-refractivity contribution in [2.45, 2.75) is 12.2 Å². The third-order valence-electron chi connectivity index (χ3n) is 5.29. The van der Waals surface area contributed by atoms with Crippen molar-refractivity contribution in [3.05, 3.63) is 89.7 Å². The Bertz CT molecular complexity index is 1030. The number of halogens is 1. The minimum absolute atomic E-state index is 0.139. The second-order valence-electron chi connectivity index (χ2n) is 7.33. The standard InChI is InChI=1S/C25H23FO5/c1-28-24(27)15-31-25(16-29-17-25)20-7-10-22(11-8-20)30-14-19-13-21(26)9-12-23(19)18-5-3-2-4-6-18/h2-13H,14-17H2,1H3. The summed E-state index contributed by atoms with van der Waals surface area (Å²) in [6, 6.07) is 22.0. The van der Waals surface area contributed by atoms with Crippen LogP contribution in [0.5, 0.6) is 5.75 Å². The summed E-state index contributed by atoms with van der Waals surface area (Å²) in [5.41, 5.74) is 2.94. The number of carbonyl (C=O) groups excluding carboxylic acids is 1. The summed E-state index contributed by atoms with van der Waals surface area (Å²) in [5.74, 6) is -0.0887. The van der Waals surface area contributed by atoms with E-state index in [-0.39, 0.29) is 19.0 Å². The van der Waals surface area contributed by atoms with Gasteiger partial charge in [-0.3, -0.25) is 0 Å². The van der Waals surface area contributed by atoms with E-state index in [4.69, 9.17) is 14.2 Å². The molecule has 0 radical (unpaired) electrons. The second kappa shape index (κ2) is 9.29. The van der Waals surface area contributed by atoms with E-state index in [0.717, 1.165) is 22.3 Å². The average molecular weight is 422 g/mol. The van der Waals surface area contributed by atoms with E-state index in [1.165, 1.54) is 19.2 Å². The molecule has 1 fully saturated rings. The smallest absolute Gasteiger partial charge is 0.331 e. The first kappa shape index (κ1) is 21.0. The van der Waals surface area contributed by atoms with Gasteiger partial charge in [0.25, 0.3) is 0 Å². The number of hydrogen-bond donors (Lipinski definition) is 0. The first-order chi connectivity index (χ1) is 15.1. The number of rotatable bonds is 8. The number of ether oxygens (including phenoxy) is 4. The van der Waals surface area contributed by atoms with Crippen LogP contribution in [0.15, 0.2) is 72.8 Å². The van der Waals surface area contributed by atoms with Gasteiger partial charge in [-0.1, -0.05) is 48.5 Å². The Hall–Kier alpha value is -3.22. The van der Waals surface area contributed by atoms with E-state index in [9.17, 15) is 9.18 Å². The highest BCUT2D eigenvalue weighted by Gasteiger charge is 2.42. The molecule has 1 aliphatic heterocycles. The zero-order chi connectivity index (χ0) is 21.7. The van der Waals surface area contributed by atoms with Crippen LogP contribution in [0.3, 0.4) is 0 Å². The molecule has 0 N–H and O–H groups in total. The molecular formula is C25H23FO5. The van der Waals surface area contributed by atoms with Crippen molar-refractivity contribution >= 4 is 5.97 Å². The molecule has 160 valence electrons. The van der Waals surface area contributed by atoms with Gasteiger partial charge >= 0.3 is 5.97 Å². The fourth-order valence-electron chi connectivity index (χ4n) is 3.47. The summed E-state index contributed by atoms with van der Waals surface area (Å²) in [4.78, 5) is 11.4. The maximum Gasteiger partial charge on any atom is 0.331 e. The monoisotopic (exact) mass is 422 g/mol. The Balaban J connectivity index is 1.46. The van der Waals surface area contributed by atoms with Crippen LogP contribution in [-0.4, -0.2) is 32.9 Å². The molecule has 1 saturated heterocycles. The molecule has 0 amide bonds. The molecule has 0 atom stereocenters. The molecule has 3 aromatic rings. The first-order valence-corrected chi connectivity index (χ1v) is 9.95. The third-order valence-corrected chi connectivity index (χ3v) is 5.29. The minimum Gasteiger partial charge on any atom is -0.489 e. The van der Waals surface area contributed by atoms with Crippen LogP contribution in [-0.2, 0) is 31.2 Å². The van der Waals surface area contributed by atoms with Crippen molar-refractivity contribution in [2.24, 2.45) is 0 Å². The van der Waals surface area contributed by atoms with Crippen molar-refractivity contribution < 1.29 is 28.1 Å². The van der Waals surface area contributed by atoms with Crippen LogP contribution in [0.2, 0.25) is 0 Å². The van der Waals surface area contributed by atoms with Gasteiger partial charge in [0, 0.05) is 0 Å². The molecule has 0 saturated carbocycles. The quantitative estimate of drug-likeness (QED) is 0.501. The van der Waals surface area contributed by atoms with E-state index in [2.05, 4.69) is 4.74 Å². The van der Waals surface area contributed by atoms with Crippen LogP contribution in [0.25, 0.3) is 11.1 Å². The lowest BCUT2D eigenvalue weighted by Crippen LogP contribution is -2.49. The molecule has 1 aliphatic rings. The molecule has 1 heterocycles. The molecule has 31 heavy (non-hydrogen) atoms. The molecule has 5 nitrogen and oxygen atoms in total. The van der Waals surface area contributed by atoms with Gasteiger partial charge in [0.15, 0.2) is 0 Å². The lowest BCUT2D eigenvalue weighted by atomic mass is 9.91. The van der Waals surface area contributed by atoms with E-state index in [1.54, 1.807) is 6.07 Å². The van der Waals surface area contributed by atoms with Crippen molar-refractivity contribution in [3.8, 4) is 16.9 Å². The summed E-state index contributed by atoms with van der Waals surface area (Å²) >= 11 is 0. The van der Waals surface area contributed by atoms with Gasteiger partial charge in [-0.05, 0) is 46.5 Å². The highest BCUT2D eigenvalue weighted by atomic mass is 19.1. The van der Waals surface area contributed by atoms with Gasteiger partial charge in [0.2, 0.25) is 0 Å². The van der Waals surface area contributed by atoms with Gasteiger partial charge in [-0.25, -0.2) is 9.18 Å². The fourth-order valence-corrected chi connectivity index (χ4v) is 3.47. The summed E-state index contributed by atoms with van der Waals surface area (Å²) in [6.45, 7) is 0.830. The summed E-state index contributed by atoms with van der Waals surface area (Å²) in [6.07, 6.45) is 0. The Morgan fingerprint density at radius 2 is 1.77 bits per heavy atom. The lowest BCUT2D eigenvalue weighted by molar-refractivity contribution is -0.220. The SMILES string of the molecule is COC(=O)COC1(c2ccc(OCc3cc(F)ccc3-c3ccccc3)cc2)COC1. The van der Waals surface area contributed by atoms with Gasteiger partial charge in [0.1, 0.15) is 30.4 Å². The maximum atomic E-state index is 13.9. The molecular weight excluding hydrogens is 399 g/mol. The Labute approximate surface area is 180 Å². The Morgan fingerprint density at radius 3 is 2.42 bits per heavy atom. The summed E-state index contributed by atoms with van der Waals surface area (Å²) in [7, 11) is 1.32. The number of methoxy groups -OCH3 is 1. The van der Waals surface area contributed by atoms with Gasteiger partial charge in [0.05, 0.1) is 20.3 Å². The molecule has 0 unspecified atom stereocenters. The van der Waals surface area contributed by atoms with Crippen molar-refractivity contribution in [3.63, 3.8) is 0 Å². The van der Waals surface area contributed by atoms with E-state index in [0.29, 0.717) is 19.0 Å². The van der Waals surface area contributed by atoms with Gasteiger partial charge in [-0.2, -0.15) is 0 Å². The highest BCUT2D eigenvalue weighted by Crippen LogP contribution is 2.35. The summed E-state index contributed by atoms with van der Waals surface area (Å²) < 4.78 is 35.5. The van der Waals surface area contributed by atoms with Crippen LogP contribution < -0.4 is 4.74 Å². The van der Waals surface area contributed by atoms with Crippen molar-refractivity contribution in [1.82, 2.24) is 0 Å². The molecule has 4 rings (SSSR count). The van der Waals surface area contributed by atoms with E-state index in [1.807, 2.05) is 54.6 Å². The number of carbonyl (C=O) groups is 1. The van der Waals surface area contributed by atoms with Crippen LogP contribution >= 0.6 is 0 Å². The molecule has 3 aromatic carbocycles. The first-order valence-electron chi connectivity index (χ1n) is 9.95. The molecule has 6 heteroatoms. The molecule has 0 aromatic heterocycles. The molecule has 0 spiro atoms. The van der Waals surface area contributed by atoms with Gasteiger partial charge in [-0.15, -0.1) is 0 Å². The zero-order valence-corrected chi connectivity index (χ0v) is 17.2. The van der Waals surface area contributed by atoms with Crippen LogP contribution in [0.4, 0.5) is 4.39 Å². The van der Waals surface area contributed by atoms with Crippen LogP contribution in [0, 0.1) is 5.82 Å². The number of hydrogen-bond acceptors (Lipinski definition) is 5. The second-order valence-corrected chi connectivity index (χ2v) is 7.33. The summed E-state index contributed by atoms with van der Waals surface area (Å²) in [5, 5.41) is 0.